The summed E-state index contributed by atoms with van der Waals surface area (Å²) in [6, 6.07) is 9.92. The van der Waals surface area contributed by atoms with Crippen LogP contribution < -0.4 is 10.6 Å². The third-order valence-electron chi connectivity index (χ3n) is 6.04. The highest BCUT2D eigenvalue weighted by molar-refractivity contribution is 7.11. The average Bonchev–Trinajstić information content (AvgIpc) is 2.93. The minimum atomic E-state index is -0.585. The molecule has 1 aliphatic rings. The minimum absolute atomic E-state index is 0.0136. The number of aliphatic hydroxyl groups excluding tert-OH is 1. The first-order valence-electron chi connectivity index (χ1n) is 10.5. The first kappa shape index (κ1) is 22.4. The maximum atomic E-state index is 12.7. The molecule has 1 fully saturated rings. The van der Waals surface area contributed by atoms with Crippen LogP contribution in [0.25, 0.3) is 0 Å². The largest absolute Gasteiger partial charge is 0.391 e. The fourth-order valence-electron chi connectivity index (χ4n) is 4.38. The van der Waals surface area contributed by atoms with Crippen molar-refractivity contribution < 1.29 is 14.7 Å². The summed E-state index contributed by atoms with van der Waals surface area (Å²) in [7, 11) is 0. The number of aliphatic hydroxyl groups is 1. The van der Waals surface area contributed by atoms with Crippen molar-refractivity contribution in [2.45, 2.75) is 70.4 Å². The summed E-state index contributed by atoms with van der Waals surface area (Å²) in [6.45, 7) is 5.87. The van der Waals surface area contributed by atoms with Gasteiger partial charge in [-0.3, -0.25) is 9.59 Å². The Kier molecular flexibility index (Phi) is 7.26. The van der Waals surface area contributed by atoms with Crippen LogP contribution in [0.3, 0.4) is 0 Å². The van der Waals surface area contributed by atoms with Crippen molar-refractivity contribution in [3.05, 3.63) is 51.5 Å². The van der Waals surface area contributed by atoms with Gasteiger partial charge in [0.2, 0.25) is 11.8 Å². The fourth-order valence-corrected chi connectivity index (χ4v) is 5.31. The zero-order valence-electron chi connectivity index (χ0n) is 17.9. The lowest BCUT2D eigenvalue weighted by Crippen LogP contribution is -2.42. The molecule has 0 unspecified atom stereocenters. The lowest BCUT2D eigenvalue weighted by atomic mass is 9.74. The molecule has 1 saturated carbocycles. The molecule has 1 aromatic heterocycles. The summed E-state index contributed by atoms with van der Waals surface area (Å²) in [5, 5.41) is 17.6. The number of rotatable bonds is 6. The molecule has 1 heterocycles. The van der Waals surface area contributed by atoms with Gasteiger partial charge in [-0.1, -0.05) is 30.3 Å². The molecule has 7 heteroatoms. The van der Waals surface area contributed by atoms with Crippen molar-refractivity contribution in [3.63, 3.8) is 0 Å². The smallest absolute Gasteiger partial charge is 0.225 e. The normalized spacial score (nSPS) is 24.1. The number of aryl methyl sites for hydroxylation is 2. The number of aromatic nitrogens is 1. The maximum absolute atomic E-state index is 12.7. The number of hydrogen-bond donors (Lipinski definition) is 3. The number of thiazole rings is 1. The van der Waals surface area contributed by atoms with E-state index in [1.54, 1.807) is 11.3 Å². The first-order chi connectivity index (χ1) is 14.3. The van der Waals surface area contributed by atoms with E-state index in [1.807, 2.05) is 32.0 Å². The first-order valence-corrected chi connectivity index (χ1v) is 11.3. The van der Waals surface area contributed by atoms with Gasteiger partial charge in [-0.05, 0) is 45.1 Å². The highest BCUT2D eigenvalue weighted by Gasteiger charge is 2.38. The molecule has 0 aliphatic heterocycles. The quantitative estimate of drug-likeness (QED) is 0.616. The Hall–Kier alpha value is -2.25. The van der Waals surface area contributed by atoms with Crippen molar-refractivity contribution in [2.24, 2.45) is 0 Å². The molecule has 0 saturated heterocycles. The van der Waals surface area contributed by atoms with E-state index in [0.717, 1.165) is 34.0 Å². The Labute approximate surface area is 182 Å². The molecule has 2 amide bonds. The van der Waals surface area contributed by atoms with Gasteiger partial charge in [-0.15, -0.1) is 11.3 Å². The van der Waals surface area contributed by atoms with E-state index >= 15 is 0 Å². The summed E-state index contributed by atoms with van der Waals surface area (Å²) in [4.78, 5) is 29.7. The molecule has 162 valence electrons. The van der Waals surface area contributed by atoms with Gasteiger partial charge in [-0.25, -0.2) is 4.98 Å². The molecular weight excluding hydrogens is 398 g/mol. The van der Waals surface area contributed by atoms with Crippen LogP contribution in [0, 0.1) is 13.8 Å². The lowest BCUT2D eigenvalue weighted by molar-refractivity contribution is -0.121. The molecule has 0 spiro atoms. The Balaban J connectivity index is 1.75. The lowest BCUT2D eigenvalue weighted by Gasteiger charge is -2.34. The second-order valence-electron chi connectivity index (χ2n) is 8.29. The molecule has 3 rings (SSSR count). The second kappa shape index (κ2) is 9.71. The Bertz CT molecular complexity index is 883. The van der Waals surface area contributed by atoms with Crippen LogP contribution in [-0.4, -0.2) is 40.6 Å². The van der Waals surface area contributed by atoms with E-state index in [0.29, 0.717) is 25.8 Å². The predicted octanol–water partition coefficient (Wildman–Crippen LogP) is 2.80. The van der Waals surface area contributed by atoms with E-state index in [-0.39, 0.29) is 23.3 Å². The fraction of sp³-hybridized carbons (Fsp3) is 0.522. The van der Waals surface area contributed by atoms with E-state index in [4.69, 9.17) is 0 Å². The van der Waals surface area contributed by atoms with Gasteiger partial charge < -0.3 is 15.7 Å². The molecule has 3 N–H and O–H groups in total. The molecule has 1 aliphatic carbocycles. The number of hydrogen-bond acceptors (Lipinski definition) is 5. The van der Waals surface area contributed by atoms with Crippen LogP contribution in [0.5, 0.6) is 0 Å². The number of nitrogens with zero attached hydrogens (tertiary/aromatic N) is 1. The van der Waals surface area contributed by atoms with Gasteiger partial charge in [-0.2, -0.15) is 0 Å². The SMILES string of the molecule is CC(=O)N[C@H]1CC[C@](CNC(=O)Cc2sc(C)nc2C)(c2ccccc2)CC[C@@H]1O. The van der Waals surface area contributed by atoms with Crippen LogP contribution in [0.1, 0.15) is 53.7 Å². The number of carbonyl (C=O) groups is 2. The molecule has 0 radical (unpaired) electrons. The molecule has 6 nitrogen and oxygen atoms in total. The Morgan fingerprint density at radius 2 is 1.90 bits per heavy atom. The number of nitrogens with one attached hydrogen (secondary N) is 2. The van der Waals surface area contributed by atoms with Crippen LogP contribution >= 0.6 is 11.3 Å². The van der Waals surface area contributed by atoms with Gasteiger partial charge in [0.15, 0.2) is 0 Å². The van der Waals surface area contributed by atoms with Crippen LogP contribution in [0.4, 0.5) is 0 Å². The highest BCUT2D eigenvalue weighted by Crippen LogP contribution is 2.38. The Morgan fingerprint density at radius 3 is 2.53 bits per heavy atom. The topological polar surface area (TPSA) is 91.3 Å². The average molecular weight is 430 g/mol. The van der Waals surface area contributed by atoms with Gasteiger partial charge in [0.05, 0.1) is 29.3 Å². The van der Waals surface area contributed by atoms with Crippen LogP contribution in [-0.2, 0) is 21.4 Å². The summed E-state index contributed by atoms with van der Waals surface area (Å²) in [5.74, 6) is -0.143. The summed E-state index contributed by atoms with van der Waals surface area (Å²) in [6.07, 6.45) is 2.50. The highest BCUT2D eigenvalue weighted by atomic mass is 32.1. The van der Waals surface area contributed by atoms with Crippen molar-refractivity contribution in [3.8, 4) is 0 Å². The number of benzene rings is 1. The second-order valence-corrected chi connectivity index (χ2v) is 9.58. The summed E-state index contributed by atoms with van der Waals surface area (Å²) in [5.41, 5.74) is 1.80. The van der Waals surface area contributed by atoms with E-state index in [2.05, 4.69) is 27.8 Å². The molecule has 0 bridgehead atoms. The van der Waals surface area contributed by atoms with Crippen LogP contribution in [0.2, 0.25) is 0 Å². The Morgan fingerprint density at radius 1 is 1.20 bits per heavy atom. The monoisotopic (exact) mass is 429 g/mol. The molecular formula is C23H31N3O3S. The molecule has 3 atom stereocenters. The van der Waals surface area contributed by atoms with Crippen molar-refractivity contribution >= 4 is 23.2 Å². The third kappa shape index (κ3) is 5.46. The molecule has 30 heavy (non-hydrogen) atoms. The molecule has 2 aromatic rings. The van der Waals surface area contributed by atoms with Gasteiger partial charge in [0.1, 0.15) is 0 Å². The maximum Gasteiger partial charge on any atom is 0.225 e. The van der Waals surface area contributed by atoms with Gasteiger partial charge >= 0.3 is 0 Å². The summed E-state index contributed by atoms with van der Waals surface area (Å²) >= 11 is 1.56. The van der Waals surface area contributed by atoms with Gasteiger partial charge in [0, 0.05) is 23.8 Å². The van der Waals surface area contributed by atoms with E-state index in [9.17, 15) is 14.7 Å². The van der Waals surface area contributed by atoms with Gasteiger partial charge in [0.25, 0.3) is 0 Å². The summed E-state index contributed by atoms with van der Waals surface area (Å²) < 4.78 is 0. The van der Waals surface area contributed by atoms with E-state index < -0.39 is 6.10 Å². The zero-order valence-corrected chi connectivity index (χ0v) is 18.7. The van der Waals surface area contributed by atoms with Crippen LogP contribution in [0.15, 0.2) is 30.3 Å². The van der Waals surface area contributed by atoms with Crippen molar-refractivity contribution in [1.29, 1.82) is 0 Å². The third-order valence-corrected chi connectivity index (χ3v) is 7.11. The van der Waals surface area contributed by atoms with E-state index in [1.165, 1.54) is 6.92 Å². The van der Waals surface area contributed by atoms with Crippen molar-refractivity contribution in [2.75, 3.05) is 6.54 Å². The predicted molar refractivity (Wildman–Crippen MR) is 119 cm³/mol. The van der Waals surface area contributed by atoms with Crippen molar-refractivity contribution in [1.82, 2.24) is 15.6 Å². The number of carbonyl (C=O) groups excluding carboxylic acids is 2. The number of amides is 2. The molecule has 1 aromatic carbocycles. The minimum Gasteiger partial charge on any atom is -0.391 e. The standard InChI is InChI=1S/C23H31N3O3S/c1-15-21(30-17(3)25-15)13-22(29)24-14-23(18-7-5-4-6-8-18)11-9-19(26-16(2)27)20(28)10-12-23/h4-8,19-20,28H,9-14H2,1-3H3,(H,24,29)(H,26,27)/t19-,20-,23-/m0/s1. The zero-order chi connectivity index (χ0) is 21.7.